The molecule has 0 fully saturated rings. The van der Waals surface area contributed by atoms with Crippen LogP contribution in [0.2, 0.25) is 0 Å². The fraction of sp³-hybridized carbons (Fsp3) is 0.333. The van der Waals surface area contributed by atoms with Gasteiger partial charge < -0.3 is 0 Å². The van der Waals surface area contributed by atoms with Gasteiger partial charge in [-0.15, -0.1) is 6.07 Å². The Morgan fingerprint density at radius 2 is 1.44 bits per heavy atom. The molecular weight excluding hydrogens is 414 g/mol. The molecule has 1 radical (unpaired) electrons. The Balaban J connectivity index is 0.00000225. The van der Waals surface area contributed by atoms with Crippen molar-refractivity contribution < 1.29 is 46.4 Å². The summed E-state index contributed by atoms with van der Waals surface area (Å²) in [5.41, 5.74) is -2.92. The van der Waals surface area contributed by atoms with Crippen molar-refractivity contribution in [3.63, 3.8) is 0 Å². The van der Waals surface area contributed by atoms with Crippen LogP contribution < -0.4 is 0 Å². The standard InChI is InChI=1S/C9H5F6.Ir/c1-5-2-6(8(10,11)12)4-7(3-5)9(13,14)15;/h2,4H,1H3;/q-1;. The van der Waals surface area contributed by atoms with E-state index in [0.717, 1.165) is 6.92 Å². The van der Waals surface area contributed by atoms with Crippen LogP contribution >= 0.6 is 0 Å². The summed E-state index contributed by atoms with van der Waals surface area (Å²) in [5.74, 6) is 0. The molecule has 93 valence electrons. The van der Waals surface area contributed by atoms with Gasteiger partial charge in [0.25, 0.3) is 0 Å². The number of halogens is 6. The minimum absolute atomic E-state index is 0. The van der Waals surface area contributed by atoms with E-state index in [1.54, 1.807) is 0 Å². The van der Waals surface area contributed by atoms with Crippen LogP contribution in [0.25, 0.3) is 0 Å². The molecule has 0 amide bonds. The van der Waals surface area contributed by atoms with Gasteiger partial charge in [0.1, 0.15) is 0 Å². The van der Waals surface area contributed by atoms with Crippen LogP contribution in [0.3, 0.4) is 0 Å². The molecule has 0 spiro atoms. The molecule has 16 heavy (non-hydrogen) atoms. The molecule has 0 aliphatic rings. The molecule has 0 nitrogen and oxygen atoms in total. The van der Waals surface area contributed by atoms with Crippen molar-refractivity contribution in [2.45, 2.75) is 19.3 Å². The minimum atomic E-state index is -4.81. The van der Waals surface area contributed by atoms with Crippen LogP contribution in [0, 0.1) is 13.0 Å². The molecule has 1 aromatic rings. The molecule has 0 bridgehead atoms. The van der Waals surface area contributed by atoms with Gasteiger partial charge in [-0.25, -0.2) is 0 Å². The quantitative estimate of drug-likeness (QED) is 0.443. The summed E-state index contributed by atoms with van der Waals surface area (Å²) in [4.78, 5) is 0. The van der Waals surface area contributed by atoms with Gasteiger partial charge in [-0.05, 0) is 0 Å². The van der Waals surface area contributed by atoms with E-state index in [1.807, 2.05) is 6.07 Å². The fourth-order valence-electron chi connectivity index (χ4n) is 1.03. The largest absolute Gasteiger partial charge is 0.394 e. The summed E-state index contributed by atoms with van der Waals surface area (Å²) < 4.78 is 72.9. The van der Waals surface area contributed by atoms with Crippen molar-refractivity contribution in [1.29, 1.82) is 0 Å². The first-order valence-electron chi connectivity index (χ1n) is 3.79. The number of alkyl halides is 6. The molecule has 0 saturated heterocycles. The monoisotopic (exact) mass is 420 g/mol. The maximum Gasteiger partial charge on any atom is 0.394 e. The molecule has 0 unspecified atom stereocenters. The van der Waals surface area contributed by atoms with Gasteiger partial charge in [0, 0.05) is 20.1 Å². The zero-order valence-corrected chi connectivity index (χ0v) is 10.2. The normalized spacial score (nSPS) is 12.2. The molecule has 0 saturated carbocycles. The van der Waals surface area contributed by atoms with Crippen molar-refractivity contribution in [2.24, 2.45) is 0 Å². The van der Waals surface area contributed by atoms with E-state index < -0.39 is 23.5 Å². The van der Waals surface area contributed by atoms with E-state index in [-0.39, 0.29) is 31.7 Å². The van der Waals surface area contributed by atoms with Crippen LogP contribution in [0.15, 0.2) is 12.1 Å². The van der Waals surface area contributed by atoms with Gasteiger partial charge >= 0.3 is 12.4 Å². The zero-order chi connectivity index (χ0) is 11.9. The van der Waals surface area contributed by atoms with Crippen LogP contribution in [0.1, 0.15) is 16.7 Å². The van der Waals surface area contributed by atoms with E-state index in [4.69, 9.17) is 0 Å². The molecule has 1 rings (SSSR count). The SMILES string of the molecule is Cc1[c-]c(C(F)(F)F)cc(C(F)(F)F)c1.[Ir]. The first kappa shape index (κ1) is 15.4. The molecule has 0 aliphatic heterocycles. The summed E-state index contributed by atoms with van der Waals surface area (Å²) in [7, 11) is 0. The fourth-order valence-corrected chi connectivity index (χ4v) is 1.03. The minimum Gasteiger partial charge on any atom is -0.168 e. The van der Waals surface area contributed by atoms with Crippen molar-refractivity contribution in [3.05, 3.63) is 34.9 Å². The predicted octanol–water partition coefficient (Wildman–Crippen LogP) is 3.83. The summed E-state index contributed by atoms with van der Waals surface area (Å²) >= 11 is 0. The summed E-state index contributed by atoms with van der Waals surface area (Å²) in [6.45, 7) is 1.13. The number of rotatable bonds is 0. The summed E-state index contributed by atoms with van der Waals surface area (Å²) in [5, 5.41) is 0. The van der Waals surface area contributed by atoms with E-state index in [1.165, 1.54) is 0 Å². The van der Waals surface area contributed by atoms with Crippen LogP contribution in [0.4, 0.5) is 26.3 Å². The molecular formula is C9H5F6Ir-. The van der Waals surface area contributed by atoms with Crippen molar-refractivity contribution in [1.82, 2.24) is 0 Å². The number of benzene rings is 1. The van der Waals surface area contributed by atoms with Crippen LogP contribution in [-0.4, -0.2) is 0 Å². The first-order chi connectivity index (χ1) is 6.60. The third-order valence-electron chi connectivity index (χ3n) is 1.64. The molecule has 0 aromatic heterocycles. The second-order valence-electron chi connectivity index (χ2n) is 2.96. The Morgan fingerprint density at radius 1 is 0.938 bits per heavy atom. The van der Waals surface area contributed by atoms with Gasteiger partial charge in [-0.1, -0.05) is 18.1 Å². The van der Waals surface area contributed by atoms with Crippen molar-refractivity contribution >= 4 is 0 Å². The van der Waals surface area contributed by atoms with Gasteiger partial charge in [-0.2, -0.15) is 44.0 Å². The molecule has 7 heteroatoms. The second-order valence-corrected chi connectivity index (χ2v) is 2.96. The van der Waals surface area contributed by atoms with Gasteiger partial charge in [-0.3, -0.25) is 0 Å². The average molecular weight is 419 g/mol. The third kappa shape index (κ3) is 3.79. The smallest absolute Gasteiger partial charge is 0.168 e. The molecule has 1 aromatic carbocycles. The van der Waals surface area contributed by atoms with Gasteiger partial charge in [0.2, 0.25) is 0 Å². The Kier molecular flexibility index (Phi) is 4.59. The van der Waals surface area contributed by atoms with Crippen molar-refractivity contribution in [3.8, 4) is 0 Å². The number of hydrogen-bond donors (Lipinski definition) is 0. The topological polar surface area (TPSA) is 0 Å². The van der Waals surface area contributed by atoms with E-state index >= 15 is 0 Å². The molecule has 0 heterocycles. The van der Waals surface area contributed by atoms with Crippen LogP contribution in [-0.2, 0) is 32.5 Å². The van der Waals surface area contributed by atoms with E-state index in [9.17, 15) is 26.3 Å². The van der Waals surface area contributed by atoms with Crippen molar-refractivity contribution in [2.75, 3.05) is 0 Å². The molecule has 0 N–H and O–H groups in total. The van der Waals surface area contributed by atoms with Gasteiger partial charge in [0.15, 0.2) is 0 Å². The van der Waals surface area contributed by atoms with Gasteiger partial charge in [0.05, 0.1) is 0 Å². The average Bonchev–Trinajstić information content (AvgIpc) is 1.99. The Hall–Kier alpha value is -0.551. The summed E-state index contributed by atoms with van der Waals surface area (Å²) in [6, 6.07) is 2.50. The summed E-state index contributed by atoms with van der Waals surface area (Å²) in [6.07, 6.45) is -9.59. The Morgan fingerprint density at radius 3 is 1.81 bits per heavy atom. The number of aryl methyl sites for hydroxylation is 1. The van der Waals surface area contributed by atoms with Crippen LogP contribution in [0.5, 0.6) is 0 Å². The maximum absolute atomic E-state index is 12.2. The molecule has 0 atom stereocenters. The predicted molar refractivity (Wildman–Crippen MR) is 40.0 cm³/mol. The first-order valence-corrected chi connectivity index (χ1v) is 3.79. The van der Waals surface area contributed by atoms with E-state index in [2.05, 4.69) is 0 Å². The Bertz CT molecular complexity index is 333. The third-order valence-corrected chi connectivity index (χ3v) is 1.64. The number of hydrogen-bond acceptors (Lipinski definition) is 0. The van der Waals surface area contributed by atoms with E-state index in [0.29, 0.717) is 6.07 Å². The second kappa shape index (κ2) is 4.75. The molecule has 0 aliphatic carbocycles. The Labute approximate surface area is 101 Å². The maximum atomic E-state index is 12.2. The zero-order valence-electron chi connectivity index (χ0n) is 7.76.